The Morgan fingerprint density at radius 3 is 2.04 bits per heavy atom. The summed E-state index contributed by atoms with van der Waals surface area (Å²) in [6, 6.07) is 10.9. The van der Waals surface area contributed by atoms with E-state index in [1.54, 1.807) is 0 Å². The lowest BCUT2D eigenvalue weighted by atomic mass is 10.1. The molecule has 0 saturated carbocycles. The monoisotopic (exact) mass is 369 g/mol. The van der Waals surface area contributed by atoms with Crippen LogP contribution in [0.5, 0.6) is 0 Å². The zero-order valence-electron chi connectivity index (χ0n) is 17.8. The molecule has 2 aromatic rings. The second kappa shape index (κ2) is 13.6. The highest BCUT2D eigenvalue weighted by Gasteiger charge is 2.13. The molecular weight excluding hydrogens is 328 g/mol. The Morgan fingerprint density at radius 1 is 0.741 bits per heavy atom. The molecule has 2 heteroatoms. The van der Waals surface area contributed by atoms with Gasteiger partial charge in [0, 0.05) is 6.42 Å². The highest BCUT2D eigenvalue weighted by Crippen LogP contribution is 2.12. The molecule has 0 radical (unpaired) electrons. The fraction of sp³-hybridized carbons (Fsp3) is 0.640. The van der Waals surface area contributed by atoms with Crippen LogP contribution >= 0.6 is 0 Å². The zero-order chi connectivity index (χ0) is 19.2. The predicted octanol–water partition coefficient (Wildman–Crippen LogP) is 6.41. The van der Waals surface area contributed by atoms with E-state index in [0.717, 1.165) is 6.54 Å². The van der Waals surface area contributed by atoms with E-state index in [9.17, 15) is 0 Å². The normalized spacial score (nSPS) is 11.2. The molecule has 0 bridgehead atoms. The summed E-state index contributed by atoms with van der Waals surface area (Å²) >= 11 is 0. The van der Waals surface area contributed by atoms with Gasteiger partial charge in [0.05, 0.1) is 13.6 Å². The first-order chi connectivity index (χ1) is 13.3. The van der Waals surface area contributed by atoms with E-state index in [4.69, 9.17) is 0 Å². The average molecular weight is 370 g/mol. The van der Waals surface area contributed by atoms with E-state index >= 15 is 0 Å². The standard InChI is InChI=1S/C25H41N2/c1-3-4-5-6-7-8-9-10-11-15-20-25-26(2)22-23-27(25)21-16-19-24-17-13-12-14-18-24/h12-14,17-18,22-23H,3-11,15-16,19-21H2,1-2H3/q+1. The fourth-order valence-electron chi connectivity index (χ4n) is 3.95. The van der Waals surface area contributed by atoms with Gasteiger partial charge in [0.1, 0.15) is 12.4 Å². The van der Waals surface area contributed by atoms with Crippen LogP contribution in [0.3, 0.4) is 0 Å². The predicted molar refractivity (Wildman–Crippen MR) is 116 cm³/mol. The van der Waals surface area contributed by atoms with Crippen molar-refractivity contribution < 1.29 is 4.57 Å². The van der Waals surface area contributed by atoms with Gasteiger partial charge in [-0.25, -0.2) is 9.13 Å². The maximum atomic E-state index is 2.47. The van der Waals surface area contributed by atoms with Crippen molar-refractivity contribution >= 4 is 0 Å². The lowest BCUT2D eigenvalue weighted by Gasteiger charge is -2.05. The molecule has 0 spiro atoms. The van der Waals surface area contributed by atoms with E-state index in [-0.39, 0.29) is 0 Å². The third-order valence-electron chi connectivity index (χ3n) is 5.67. The highest BCUT2D eigenvalue weighted by molar-refractivity contribution is 5.14. The quantitative estimate of drug-likeness (QED) is 0.253. The van der Waals surface area contributed by atoms with Gasteiger partial charge in [0.2, 0.25) is 0 Å². The first-order valence-corrected chi connectivity index (χ1v) is 11.4. The summed E-state index contributed by atoms with van der Waals surface area (Å²) in [5.74, 6) is 1.49. The Labute approximate surface area is 167 Å². The molecule has 0 aliphatic rings. The Balaban J connectivity index is 1.59. The van der Waals surface area contributed by atoms with Gasteiger partial charge in [0.15, 0.2) is 0 Å². The summed E-state index contributed by atoms with van der Waals surface area (Å²) in [6.07, 6.45) is 22.1. The second-order valence-electron chi connectivity index (χ2n) is 8.04. The first kappa shape index (κ1) is 21.7. The topological polar surface area (TPSA) is 8.81 Å². The minimum atomic E-state index is 1.13. The first-order valence-electron chi connectivity index (χ1n) is 11.4. The number of unbranched alkanes of at least 4 members (excludes halogenated alkanes) is 9. The number of rotatable bonds is 15. The van der Waals surface area contributed by atoms with Gasteiger partial charge in [-0.05, 0) is 24.8 Å². The molecule has 1 aromatic carbocycles. The van der Waals surface area contributed by atoms with E-state index in [2.05, 4.69) is 65.8 Å². The Bertz CT molecular complexity index is 600. The molecule has 0 saturated heterocycles. The molecule has 2 nitrogen and oxygen atoms in total. The van der Waals surface area contributed by atoms with Crippen molar-refractivity contribution in [2.45, 2.75) is 96.9 Å². The molecule has 2 rings (SSSR count). The molecule has 0 fully saturated rings. The lowest BCUT2D eigenvalue weighted by molar-refractivity contribution is -0.678. The number of aryl methyl sites for hydroxylation is 3. The summed E-state index contributed by atoms with van der Waals surface area (Å²) in [4.78, 5) is 0. The summed E-state index contributed by atoms with van der Waals surface area (Å²) < 4.78 is 4.78. The van der Waals surface area contributed by atoms with Crippen LogP contribution < -0.4 is 4.57 Å². The van der Waals surface area contributed by atoms with Crippen molar-refractivity contribution in [3.8, 4) is 0 Å². The minimum Gasteiger partial charge on any atom is -0.237 e. The average Bonchev–Trinajstić information content (AvgIpc) is 3.04. The Kier molecular flexibility index (Phi) is 10.9. The van der Waals surface area contributed by atoms with Gasteiger partial charge in [-0.15, -0.1) is 0 Å². The maximum Gasteiger partial charge on any atom is 0.256 e. The van der Waals surface area contributed by atoms with Gasteiger partial charge >= 0.3 is 0 Å². The molecule has 0 N–H and O–H groups in total. The third kappa shape index (κ3) is 8.77. The number of aromatic nitrogens is 2. The molecule has 1 aromatic heterocycles. The number of benzene rings is 1. The van der Waals surface area contributed by atoms with Crippen LogP contribution in [0, 0.1) is 0 Å². The van der Waals surface area contributed by atoms with Gasteiger partial charge in [-0.2, -0.15) is 0 Å². The highest BCUT2D eigenvalue weighted by atomic mass is 15.1. The van der Waals surface area contributed by atoms with Crippen molar-refractivity contribution in [1.82, 2.24) is 4.57 Å². The Morgan fingerprint density at radius 2 is 1.37 bits per heavy atom. The molecule has 0 aliphatic carbocycles. The van der Waals surface area contributed by atoms with Gasteiger partial charge in [-0.1, -0.05) is 95.0 Å². The number of hydrogen-bond acceptors (Lipinski definition) is 0. The number of nitrogens with zero attached hydrogens (tertiary/aromatic N) is 2. The second-order valence-corrected chi connectivity index (χ2v) is 8.04. The van der Waals surface area contributed by atoms with Crippen molar-refractivity contribution in [2.24, 2.45) is 7.05 Å². The van der Waals surface area contributed by atoms with Gasteiger partial charge in [0.25, 0.3) is 5.82 Å². The van der Waals surface area contributed by atoms with Crippen LogP contribution in [0.1, 0.15) is 88.9 Å². The minimum absolute atomic E-state index is 1.13. The lowest BCUT2D eigenvalue weighted by Crippen LogP contribution is -2.32. The number of imidazole rings is 1. The summed E-state index contributed by atoms with van der Waals surface area (Å²) in [5, 5.41) is 0. The van der Waals surface area contributed by atoms with Crippen molar-refractivity contribution in [2.75, 3.05) is 0 Å². The van der Waals surface area contributed by atoms with Crippen LogP contribution in [-0.2, 0) is 26.4 Å². The summed E-state index contributed by atoms with van der Waals surface area (Å²) in [5.41, 5.74) is 1.45. The summed E-state index contributed by atoms with van der Waals surface area (Å²) in [7, 11) is 2.19. The van der Waals surface area contributed by atoms with Gasteiger partial charge < -0.3 is 0 Å². The van der Waals surface area contributed by atoms with Crippen LogP contribution in [0.15, 0.2) is 42.7 Å². The fourth-order valence-corrected chi connectivity index (χ4v) is 3.95. The Hall–Kier alpha value is -1.57. The van der Waals surface area contributed by atoms with Crippen LogP contribution in [0.25, 0.3) is 0 Å². The molecular formula is C25H41N2+. The van der Waals surface area contributed by atoms with Crippen molar-refractivity contribution in [1.29, 1.82) is 0 Å². The molecule has 0 aliphatic heterocycles. The SMILES string of the molecule is CCCCCCCCCCCCc1n(CCCc2ccccc2)cc[n+]1C. The molecule has 1 heterocycles. The van der Waals surface area contributed by atoms with E-state index in [1.807, 2.05) is 0 Å². The van der Waals surface area contributed by atoms with Crippen LogP contribution in [0.4, 0.5) is 0 Å². The van der Waals surface area contributed by atoms with Crippen molar-refractivity contribution in [3.05, 3.63) is 54.1 Å². The van der Waals surface area contributed by atoms with Crippen LogP contribution in [-0.4, -0.2) is 4.57 Å². The van der Waals surface area contributed by atoms with E-state index in [0.29, 0.717) is 0 Å². The zero-order valence-corrected chi connectivity index (χ0v) is 17.8. The smallest absolute Gasteiger partial charge is 0.237 e. The third-order valence-corrected chi connectivity index (χ3v) is 5.67. The van der Waals surface area contributed by atoms with Crippen LogP contribution in [0.2, 0.25) is 0 Å². The molecule has 150 valence electrons. The molecule has 0 amide bonds. The van der Waals surface area contributed by atoms with E-state index < -0.39 is 0 Å². The van der Waals surface area contributed by atoms with Crippen molar-refractivity contribution in [3.63, 3.8) is 0 Å². The molecule has 0 atom stereocenters. The van der Waals surface area contributed by atoms with E-state index in [1.165, 1.54) is 94.9 Å². The maximum absolute atomic E-state index is 2.47. The largest absolute Gasteiger partial charge is 0.256 e. The number of hydrogen-bond donors (Lipinski definition) is 0. The summed E-state index contributed by atoms with van der Waals surface area (Å²) in [6.45, 7) is 3.42. The molecule has 0 unspecified atom stereocenters. The van der Waals surface area contributed by atoms with Gasteiger partial charge in [-0.3, -0.25) is 0 Å². The molecule has 27 heavy (non-hydrogen) atoms.